The van der Waals surface area contributed by atoms with E-state index in [0.717, 1.165) is 4.90 Å². The quantitative estimate of drug-likeness (QED) is 0.593. The average Bonchev–Trinajstić information content (AvgIpc) is 2.46. The number of hydrogen-bond donors (Lipinski definition) is 0. The van der Waals surface area contributed by atoms with Gasteiger partial charge in [-0.25, -0.2) is 0 Å². The smallest absolute Gasteiger partial charge is 0.174 e. The Morgan fingerprint density at radius 2 is 1.95 bits per heavy atom. The molecule has 0 N–H and O–H groups in total. The van der Waals surface area contributed by atoms with Crippen molar-refractivity contribution in [1.29, 1.82) is 0 Å². The van der Waals surface area contributed by atoms with Crippen LogP contribution in [0.25, 0.3) is 0 Å². The maximum Gasteiger partial charge on any atom is 0.174 e. The zero-order valence-electron chi connectivity index (χ0n) is 12.5. The Balaban J connectivity index is 1.98. The molecule has 0 unspecified atom stereocenters. The maximum absolute atomic E-state index is 12.2. The minimum absolute atomic E-state index is 0.0577. The van der Waals surface area contributed by atoms with Gasteiger partial charge in [-0.15, -0.1) is 11.8 Å². The van der Waals surface area contributed by atoms with Crippen LogP contribution in [0.5, 0.6) is 5.75 Å². The fourth-order valence-corrected chi connectivity index (χ4v) is 2.57. The topological polar surface area (TPSA) is 39.2 Å². The Bertz CT molecular complexity index is 608. The lowest BCUT2D eigenvalue weighted by atomic mass is 10.2. The number of benzene rings is 1. The molecule has 0 spiro atoms. The van der Waals surface area contributed by atoms with Crippen LogP contribution < -0.4 is 4.74 Å². The third-order valence-corrected chi connectivity index (χ3v) is 3.81. The number of rotatable bonds is 6. The van der Waals surface area contributed by atoms with Crippen LogP contribution in [0.3, 0.4) is 0 Å². The highest BCUT2D eigenvalue weighted by Gasteiger charge is 2.09. The van der Waals surface area contributed by atoms with E-state index in [4.69, 9.17) is 4.74 Å². The van der Waals surface area contributed by atoms with Crippen LogP contribution in [0, 0.1) is 6.92 Å². The van der Waals surface area contributed by atoms with E-state index in [-0.39, 0.29) is 11.9 Å². The lowest BCUT2D eigenvalue weighted by Crippen LogP contribution is -2.08. The van der Waals surface area contributed by atoms with Crippen LogP contribution in [0.1, 0.15) is 29.8 Å². The van der Waals surface area contributed by atoms with Gasteiger partial charge in [0.25, 0.3) is 0 Å². The zero-order valence-corrected chi connectivity index (χ0v) is 13.3. The number of Topliss-reactive ketones (excluding diaryl/α,β-unsaturated/α-hetero) is 1. The van der Waals surface area contributed by atoms with Crippen LogP contribution >= 0.6 is 11.8 Å². The first-order valence-electron chi connectivity index (χ1n) is 6.89. The van der Waals surface area contributed by atoms with Crippen molar-refractivity contribution in [2.75, 3.05) is 5.75 Å². The van der Waals surface area contributed by atoms with Gasteiger partial charge in [-0.3, -0.25) is 9.78 Å². The maximum atomic E-state index is 12.2. The molecule has 0 aliphatic heterocycles. The molecule has 0 saturated heterocycles. The third-order valence-electron chi connectivity index (χ3n) is 2.80. The van der Waals surface area contributed by atoms with E-state index in [9.17, 15) is 4.79 Å². The summed E-state index contributed by atoms with van der Waals surface area (Å²) in [5.74, 6) is 1.09. The molecule has 0 aliphatic rings. The predicted octanol–water partition coefficient (Wildman–Crippen LogP) is 4.15. The highest BCUT2D eigenvalue weighted by molar-refractivity contribution is 8.00. The van der Waals surface area contributed by atoms with Gasteiger partial charge < -0.3 is 4.74 Å². The van der Waals surface area contributed by atoms with Crippen molar-refractivity contribution in [3.05, 3.63) is 53.9 Å². The lowest BCUT2D eigenvalue weighted by Gasteiger charge is -2.10. The number of pyridine rings is 1. The second-order valence-corrected chi connectivity index (χ2v) is 6.15. The number of thioether (sulfide) groups is 1. The van der Waals surface area contributed by atoms with Crippen molar-refractivity contribution in [3.8, 4) is 5.75 Å². The molecule has 21 heavy (non-hydrogen) atoms. The first-order chi connectivity index (χ1) is 10.0. The van der Waals surface area contributed by atoms with Gasteiger partial charge in [0.05, 0.1) is 18.1 Å². The standard InChI is InChI=1S/C17H19NO2S/c1-12(2)20-15-8-14(9-18-10-15)17(19)11-21-16-6-4-13(3)5-7-16/h4-10,12H,11H2,1-3H3. The van der Waals surface area contributed by atoms with Crippen molar-refractivity contribution in [2.24, 2.45) is 0 Å². The molecule has 0 saturated carbocycles. The number of aromatic nitrogens is 1. The summed E-state index contributed by atoms with van der Waals surface area (Å²) in [5, 5.41) is 0. The highest BCUT2D eigenvalue weighted by Crippen LogP contribution is 2.21. The van der Waals surface area contributed by atoms with Crippen molar-refractivity contribution in [1.82, 2.24) is 4.98 Å². The van der Waals surface area contributed by atoms with E-state index in [1.165, 1.54) is 17.3 Å². The molecule has 0 aliphatic carbocycles. The Kier molecular flexibility index (Phi) is 5.39. The molecular weight excluding hydrogens is 282 g/mol. The Hall–Kier alpha value is -1.81. The van der Waals surface area contributed by atoms with Gasteiger partial charge in [-0.2, -0.15) is 0 Å². The van der Waals surface area contributed by atoms with Crippen LogP contribution in [-0.4, -0.2) is 22.6 Å². The second-order valence-electron chi connectivity index (χ2n) is 5.10. The monoisotopic (exact) mass is 301 g/mol. The molecule has 1 aromatic heterocycles. The van der Waals surface area contributed by atoms with Crippen molar-refractivity contribution < 1.29 is 9.53 Å². The number of nitrogens with zero attached hydrogens (tertiary/aromatic N) is 1. The zero-order chi connectivity index (χ0) is 15.2. The summed E-state index contributed by atoms with van der Waals surface area (Å²) in [6, 6.07) is 9.91. The van der Waals surface area contributed by atoms with Gasteiger partial charge in [0.15, 0.2) is 5.78 Å². The van der Waals surface area contributed by atoms with Gasteiger partial charge in [0.2, 0.25) is 0 Å². The van der Waals surface area contributed by atoms with E-state index < -0.39 is 0 Å². The highest BCUT2D eigenvalue weighted by atomic mass is 32.2. The van der Waals surface area contributed by atoms with E-state index in [0.29, 0.717) is 17.1 Å². The second kappa shape index (κ2) is 7.27. The summed E-state index contributed by atoms with van der Waals surface area (Å²) in [7, 11) is 0. The molecule has 2 aromatic rings. The molecule has 0 atom stereocenters. The molecule has 0 bridgehead atoms. The summed E-state index contributed by atoms with van der Waals surface area (Å²) in [4.78, 5) is 17.4. The third kappa shape index (κ3) is 4.90. The number of hydrogen-bond acceptors (Lipinski definition) is 4. The number of aryl methyl sites for hydroxylation is 1. The summed E-state index contributed by atoms with van der Waals surface area (Å²) in [6.45, 7) is 5.94. The first kappa shape index (κ1) is 15.6. The van der Waals surface area contributed by atoms with E-state index >= 15 is 0 Å². The molecule has 2 rings (SSSR count). The van der Waals surface area contributed by atoms with Crippen LogP contribution in [0.2, 0.25) is 0 Å². The molecule has 0 amide bonds. The molecule has 1 aromatic carbocycles. The molecule has 0 radical (unpaired) electrons. The van der Waals surface area contributed by atoms with Crippen LogP contribution in [-0.2, 0) is 0 Å². The van der Waals surface area contributed by atoms with Crippen molar-refractivity contribution >= 4 is 17.5 Å². The Morgan fingerprint density at radius 1 is 1.24 bits per heavy atom. The fraction of sp³-hybridized carbons (Fsp3) is 0.294. The molecular formula is C17H19NO2S. The SMILES string of the molecule is Cc1ccc(SCC(=O)c2cncc(OC(C)C)c2)cc1. The Morgan fingerprint density at radius 3 is 2.62 bits per heavy atom. The summed E-state index contributed by atoms with van der Waals surface area (Å²) < 4.78 is 5.56. The largest absolute Gasteiger partial charge is 0.489 e. The average molecular weight is 301 g/mol. The normalized spacial score (nSPS) is 10.7. The minimum Gasteiger partial charge on any atom is -0.489 e. The van der Waals surface area contributed by atoms with Gasteiger partial charge in [-0.1, -0.05) is 17.7 Å². The number of carbonyl (C=O) groups excluding carboxylic acids is 1. The summed E-state index contributed by atoms with van der Waals surface area (Å²) >= 11 is 1.53. The molecule has 3 nitrogen and oxygen atoms in total. The van der Waals surface area contributed by atoms with Crippen molar-refractivity contribution in [2.45, 2.75) is 31.8 Å². The van der Waals surface area contributed by atoms with Gasteiger partial charge in [0.1, 0.15) is 5.75 Å². The van der Waals surface area contributed by atoms with Gasteiger partial charge in [-0.05, 0) is 39.0 Å². The van der Waals surface area contributed by atoms with Crippen molar-refractivity contribution in [3.63, 3.8) is 0 Å². The molecule has 0 fully saturated rings. The first-order valence-corrected chi connectivity index (χ1v) is 7.87. The van der Waals surface area contributed by atoms with E-state index in [2.05, 4.69) is 4.98 Å². The van der Waals surface area contributed by atoms with Gasteiger partial charge in [0, 0.05) is 16.7 Å². The van der Waals surface area contributed by atoms with E-state index in [1.807, 2.05) is 45.0 Å². The fourth-order valence-electron chi connectivity index (χ4n) is 1.77. The van der Waals surface area contributed by atoms with Crippen LogP contribution in [0.4, 0.5) is 0 Å². The molecule has 1 heterocycles. The number of ketones is 1. The summed E-state index contributed by atoms with van der Waals surface area (Å²) in [6.07, 6.45) is 3.29. The van der Waals surface area contributed by atoms with Gasteiger partial charge >= 0.3 is 0 Å². The van der Waals surface area contributed by atoms with Crippen LogP contribution in [0.15, 0.2) is 47.6 Å². The molecule has 110 valence electrons. The number of carbonyl (C=O) groups is 1. The predicted molar refractivity (Wildman–Crippen MR) is 86.2 cm³/mol. The van der Waals surface area contributed by atoms with E-state index in [1.54, 1.807) is 18.5 Å². The Labute approximate surface area is 129 Å². The number of ether oxygens (including phenoxy) is 1. The minimum atomic E-state index is 0.0577. The lowest BCUT2D eigenvalue weighted by molar-refractivity contribution is 0.102. The summed E-state index contributed by atoms with van der Waals surface area (Å²) in [5.41, 5.74) is 1.81. The molecule has 4 heteroatoms.